The van der Waals surface area contributed by atoms with Gasteiger partial charge in [-0.2, -0.15) is 0 Å². The maximum atomic E-state index is 11.3. The lowest BCUT2D eigenvalue weighted by atomic mass is 10.4. The molecular weight excluding hydrogens is 210 g/mol. The average Bonchev–Trinajstić information content (AvgIpc) is 2.30. The Kier molecular flexibility index (Phi) is 5.24. The lowest BCUT2D eigenvalue weighted by Gasteiger charge is -2.05. The van der Waals surface area contributed by atoms with Crippen LogP contribution in [0.15, 0.2) is 18.3 Å². The van der Waals surface area contributed by atoms with E-state index in [1.165, 1.54) is 13.3 Å². The summed E-state index contributed by atoms with van der Waals surface area (Å²) < 4.78 is 9.87. The first-order valence-corrected chi connectivity index (χ1v) is 4.84. The lowest BCUT2D eigenvalue weighted by molar-refractivity contribution is -0.120. The summed E-state index contributed by atoms with van der Waals surface area (Å²) in [5, 5.41) is 2.63. The number of anilines is 1. The number of rotatable bonds is 6. The minimum Gasteiger partial charge on any atom is -0.481 e. The van der Waals surface area contributed by atoms with E-state index in [4.69, 9.17) is 15.2 Å². The van der Waals surface area contributed by atoms with Crippen molar-refractivity contribution in [3.63, 3.8) is 0 Å². The van der Waals surface area contributed by atoms with Gasteiger partial charge in [0.2, 0.25) is 11.8 Å². The van der Waals surface area contributed by atoms with Gasteiger partial charge in [0, 0.05) is 12.6 Å². The van der Waals surface area contributed by atoms with Crippen LogP contribution in [0, 0.1) is 0 Å². The van der Waals surface area contributed by atoms with E-state index in [2.05, 4.69) is 10.3 Å². The first-order chi connectivity index (χ1) is 7.76. The molecule has 6 nitrogen and oxygen atoms in total. The number of methoxy groups -OCH3 is 1. The second-order valence-electron chi connectivity index (χ2n) is 2.98. The van der Waals surface area contributed by atoms with Crippen molar-refractivity contribution in [2.24, 2.45) is 5.73 Å². The SMILES string of the molecule is COc1ccc(NC(=O)COCCN)cn1. The predicted octanol–water partition coefficient (Wildman–Crippen LogP) is 0.00400. The molecule has 16 heavy (non-hydrogen) atoms. The van der Waals surface area contributed by atoms with Crippen LogP contribution in [0.25, 0.3) is 0 Å². The van der Waals surface area contributed by atoms with E-state index in [1.807, 2.05) is 0 Å². The highest BCUT2D eigenvalue weighted by molar-refractivity contribution is 5.91. The molecule has 0 saturated carbocycles. The number of aromatic nitrogens is 1. The van der Waals surface area contributed by atoms with Gasteiger partial charge in [0.05, 0.1) is 25.6 Å². The van der Waals surface area contributed by atoms with Crippen molar-refractivity contribution in [2.75, 3.05) is 32.2 Å². The van der Waals surface area contributed by atoms with Crippen LogP contribution in [0.3, 0.4) is 0 Å². The van der Waals surface area contributed by atoms with Crippen molar-refractivity contribution < 1.29 is 14.3 Å². The molecule has 0 atom stereocenters. The molecule has 1 rings (SSSR count). The third kappa shape index (κ3) is 4.24. The normalized spacial score (nSPS) is 9.88. The van der Waals surface area contributed by atoms with E-state index in [1.54, 1.807) is 12.1 Å². The minimum absolute atomic E-state index is 0.0107. The maximum Gasteiger partial charge on any atom is 0.250 e. The van der Waals surface area contributed by atoms with Gasteiger partial charge in [-0.3, -0.25) is 4.79 Å². The fourth-order valence-electron chi connectivity index (χ4n) is 1.02. The highest BCUT2D eigenvalue weighted by Crippen LogP contribution is 2.10. The van der Waals surface area contributed by atoms with Crippen LogP contribution in [0.1, 0.15) is 0 Å². The second-order valence-corrected chi connectivity index (χ2v) is 2.98. The first-order valence-electron chi connectivity index (χ1n) is 4.84. The third-order valence-electron chi connectivity index (χ3n) is 1.72. The van der Waals surface area contributed by atoms with E-state index < -0.39 is 0 Å². The summed E-state index contributed by atoms with van der Waals surface area (Å²) in [6.07, 6.45) is 1.51. The fourth-order valence-corrected chi connectivity index (χ4v) is 1.02. The summed E-state index contributed by atoms with van der Waals surface area (Å²) in [4.78, 5) is 15.3. The van der Waals surface area contributed by atoms with E-state index >= 15 is 0 Å². The molecule has 0 aliphatic heterocycles. The van der Waals surface area contributed by atoms with Gasteiger partial charge in [-0.05, 0) is 6.07 Å². The van der Waals surface area contributed by atoms with Gasteiger partial charge in [-0.25, -0.2) is 4.98 Å². The number of hydrogen-bond donors (Lipinski definition) is 2. The first kappa shape index (κ1) is 12.4. The van der Waals surface area contributed by atoms with Gasteiger partial charge in [-0.1, -0.05) is 0 Å². The number of hydrogen-bond acceptors (Lipinski definition) is 5. The van der Waals surface area contributed by atoms with Gasteiger partial charge in [0.1, 0.15) is 6.61 Å². The zero-order valence-corrected chi connectivity index (χ0v) is 9.10. The number of ether oxygens (including phenoxy) is 2. The molecule has 88 valence electrons. The average molecular weight is 225 g/mol. The van der Waals surface area contributed by atoms with E-state index in [0.717, 1.165) is 0 Å². The van der Waals surface area contributed by atoms with Crippen LogP contribution < -0.4 is 15.8 Å². The number of carbonyl (C=O) groups excluding carboxylic acids is 1. The standard InChI is InChI=1S/C10H15N3O3/c1-15-10-3-2-8(6-12-10)13-9(14)7-16-5-4-11/h2-3,6H,4-5,7,11H2,1H3,(H,13,14). The van der Waals surface area contributed by atoms with Crippen molar-refractivity contribution >= 4 is 11.6 Å². The highest BCUT2D eigenvalue weighted by atomic mass is 16.5. The van der Waals surface area contributed by atoms with Gasteiger partial charge >= 0.3 is 0 Å². The number of nitrogens with two attached hydrogens (primary N) is 1. The van der Waals surface area contributed by atoms with E-state index in [0.29, 0.717) is 24.7 Å². The monoisotopic (exact) mass is 225 g/mol. The molecule has 6 heteroatoms. The summed E-state index contributed by atoms with van der Waals surface area (Å²) in [7, 11) is 1.53. The summed E-state index contributed by atoms with van der Waals surface area (Å²) in [5.41, 5.74) is 5.82. The second kappa shape index (κ2) is 6.76. The topological polar surface area (TPSA) is 86.5 Å². The Morgan fingerprint density at radius 1 is 1.56 bits per heavy atom. The van der Waals surface area contributed by atoms with E-state index in [-0.39, 0.29) is 12.5 Å². The van der Waals surface area contributed by atoms with Crippen LogP contribution in [0.4, 0.5) is 5.69 Å². The van der Waals surface area contributed by atoms with Gasteiger partial charge in [0.25, 0.3) is 0 Å². The Morgan fingerprint density at radius 3 is 2.94 bits per heavy atom. The van der Waals surface area contributed by atoms with Crippen LogP contribution >= 0.6 is 0 Å². The number of amides is 1. The number of nitrogens with one attached hydrogen (secondary N) is 1. The smallest absolute Gasteiger partial charge is 0.250 e. The number of carbonyl (C=O) groups is 1. The number of pyridine rings is 1. The third-order valence-corrected chi connectivity index (χ3v) is 1.72. The molecule has 0 aliphatic rings. The zero-order chi connectivity index (χ0) is 11.8. The van der Waals surface area contributed by atoms with E-state index in [9.17, 15) is 4.79 Å². The Bertz CT molecular complexity index is 327. The quantitative estimate of drug-likeness (QED) is 0.666. The molecule has 0 aromatic carbocycles. The molecule has 0 saturated heterocycles. The molecular formula is C10H15N3O3. The molecule has 1 aromatic heterocycles. The summed E-state index contributed by atoms with van der Waals surface area (Å²) in [5.74, 6) is 0.262. The largest absolute Gasteiger partial charge is 0.481 e. The molecule has 0 radical (unpaired) electrons. The molecule has 0 unspecified atom stereocenters. The summed E-state index contributed by atoms with van der Waals surface area (Å²) in [6, 6.07) is 3.36. The van der Waals surface area contributed by atoms with Gasteiger partial charge < -0.3 is 20.5 Å². The Labute approximate surface area is 93.8 Å². The predicted molar refractivity (Wildman–Crippen MR) is 59.3 cm³/mol. The zero-order valence-electron chi connectivity index (χ0n) is 9.10. The molecule has 1 amide bonds. The number of nitrogens with zero attached hydrogens (tertiary/aromatic N) is 1. The van der Waals surface area contributed by atoms with Crippen LogP contribution in [0.2, 0.25) is 0 Å². The van der Waals surface area contributed by atoms with Crippen LogP contribution in [0.5, 0.6) is 5.88 Å². The van der Waals surface area contributed by atoms with Gasteiger partial charge in [-0.15, -0.1) is 0 Å². The molecule has 1 heterocycles. The molecule has 0 aliphatic carbocycles. The molecule has 0 bridgehead atoms. The van der Waals surface area contributed by atoms with Gasteiger partial charge in [0.15, 0.2) is 0 Å². The van der Waals surface area contributed by atoms with Crippen molar-refractivity contribution in [3.05, 3.63) is 18.3 Å². The summed E-state index contributed by atoms with van der Waals surface area (Å²) in [6.45, 7) is 0.759. The Balaban J connectivity index is 2.37. The van der Waals surface area contributed by atoms with Crippen molar-refractivity contribution in [1.29, 1.82) is 0 Å². The maximum absolute atomic E-state index is 11.3. The van der Waals surface area contributed by atoms with Crippen molar-refractivity contribution in [1.82, 2.24) is 4.98 Å². The van der Waals surface area contributed by atoms with Crippen LogP contribution in [-0.4, -0.2) is 37.8 Å². The molecule has 0 fully saturated rings. The molecule has 3 N–H and O–H groups in total. The lowest BCUT2D eigenvalue weighted by Crippen LogP contribution is -2.20. The Hall–Kier alpha value is -1.66. The fraction of sp³-hybridized carbons (Fsp3) is 0.400. The van der Waals surface area contributed by atoms with Crippen molar-refractivity contribution in [3.8, 4) is 5.88 Å². The minimum atomic E-state index is -0.236. The molecule has 0 spiro atoms. The highest BCUT2D eigenvalue weighted by Gasteiger charge is 2.02. The molecule has 1 aromatic rings. The summed E-state index contributed by atoms with van der Waals surface area (Å²) >= 11 is 0. The van der Waals surface area contributed by atoms with Crippen LogP contribution in [-0.2, 0) is 9.53 Å². The Morgan fingerprint density at radius 2 is 2.38 bits per heavy atom. The van der Waals surface area contributed by atoms with Crippen molar-refractivity contribution in [2.45, 2.75) is 0 Å².